The van der Waals surface area contributed by atoms with Crippen LogP contribution < -0.4 is 0 Å². The summed E-state index contributed by atoms with van der Waals surface area (Å²) in [6, 6.07) is 1.62. The summed E-state index contributed by atoms with van der Waals surface area (Å²) in [5, 5.41) is 0. The number of rotatable bonds is 47. The molecular weight excluding hydrogens is 713 g/mol. The summed E-state index contributed by atoms with van der Waals surface area (Å²) in [5.74, 6) is 0. The molecule has 0 aromatic rings. The molecule has 0 heterocycles. The minimum absolute atomic E-state index is 0.811. The van der Waals surface area contributed by atoms with Crippen LogP contribution in [0.25, 0.3) is 0 Å². The van der Waals surface area contributed by atoms with Crippen LogP contribution in [-0.4, -0.2) is 50.1 Å². The predicted octanol–water partition coefficient (Wildman–Crippen LogP) is 19.8. The van der Waals surface area contributed by atoms with Gasteiger partial charge in [-0.05, 0) is 105 Å². The van der Waals surface area contributed by atoms with Gasteiger partial charge in [-0.1, -0.05) is 251 Å². The minimum Gasteiger partial charge on any atom is -0.306 e. The van der Waals surface area contributed by atoms with Crippen molar-refractivity contribution >= 4 is 0 Å². The Balaban J connectivity index is 0. The molecule has 354 valence electrons. The molecule has 0 radical (unpaired) electrons. The van der Waals surface area contributed by atoms with Crippen LogP contribution in [0.3, 0.4) is 0 Å². The quantitative estimate of drug-likeness (QED) is 0.0445. The summed E-state index contributed by atoms with van der Waals surface area (Å²) in [4.78, 5) is 4.95. The van der Waals surface area contributed by atoms with Crippen LogP contribution in [0.15, 0.2) is 24.3 Å². The summed E-state index contributed by atoms with van der Waals surface area (Å²) in [6.07, 6.45) is 70.3. The third-order valence-electron chi connectivity index (χ3n) is 13.1. The molecule has 59 heavy (non-hydrogen) atoms. The van der Waals surface area contributed by atoms with Gasteiger partial charge in [0.1, 0.15) is 0 Å². The van der Waals surface area contributed by atoms with Crippen molar-refractivity contribution in [2.24, 2.45) is 0 Å². The Bertz CT molecular complexity index is 784. The van der Waals surface area contributed by atoms with Gasteiger partial charge >= 0.3 is 0 Å². The lowest BCUT2D eigenvalue weighted by molar-refractivity contribution is 0.251. The van der Waals surface area contributed by atoms with Gasteiger partial charge in [-0.2, -0.15) is 0 Å². The maximum Gasteiger partial charge on any atom is 0.00891 e. The molecule has 2 heteroatoms. The lowest BCUT2D eigenvalue weighted by atomic mass is 9.99. The van der Waals surface area contributed by atoms with Crippen molar-refractivity contribution in [3.63, 3.8) is 0 Å². The first-order valence-electron chi connectivity index (χ1n) is 27.6. The molecule has 0 aliphatic heterocycles. The predicted molar refractivity (Wildman–Crippen MR) is 274 cm³/mol. The molecule has 0 amide bonds. The van der Waals surface area contributed by atoms with E-state index in [9.17, 15) is 0 Å². The second-order valence-electron chi connectivity index (χ2n) is 19.4. The summed E-state index contributed by atoms with van der Waals surface area (Å²) < 4.78 is 0. The lowest BCUT2D eigenvalue weighted by Crippen LogP contribution is -2.27. The van der Waals surface area contributed by atoms with Crippen molar-refractivity contribution in [2.45, 2.75) is 316 Å². The zero-order chi connectivity index (χ0) is 43.5. The summed E-state index contributed by atoms with van der Waals surface area (Å²) in [6.45, 7) is 9.19. The van der Waals surface area contributed by atoms with E-state index in [0.29, 0.717) is 0 Å². The van der Waals surface area contributed by atoms with Crippen LogP contribution in [0, 0.1) is 0 Å². The van der Waals surface area contributed by atoms with Gasteiger partial charge in [-0.3, -0.25) is 0 Å². The van der Waals surface area contributed by atoms with Crippen molar-refractivity contribution < 1.29 is 0 Å². The molecule has 0 spiro atoms. The van der Waals surface area contributed by atoms with Crippen LogP contribution in [0.4, 0.5) is 0 Å². The number of hydrogen-bond acceptors (Lipinski definition) is 2. The third-order valence-corrected chi connectivity index (χ3v) is 13.1. The fourth-order valence-corrected chi connectivity index (χ4v) is 8.72. The largest absolute Gasteiger partial charge is 0.306 e. The monoisotopic (exact) mass is 829 g/mol. The fraction of sp³-hybridized carbons (Fsp3) is 0.930. The van der Waals surface area contributed by atoms with E-state index in [1.165, 1.54) is 276 Å². The first-order valence-corrected chi connectivity index (χ1v) is 27.6. The first-order chi connectivity index (χ1) is 28.9. The van der Waals surface area contributed by atoms with Crippen molar-refractivity contribution in [1.82, 2.24) is 9.80 Å². The zero-order valence-electron chi connectivity index (χ0n) is 42.8. The molecule has 0 aliphatic carbocycles. The van der Waals surface area contributed by atoms with Crippen LogP contribution in [0.2, 0.25) is 0 Å². The molecular formula is C57H116N2. The van der Waals surface area contributed by atoms with Gasteiger partial charge in [0.25, 0.3) is 0 Å². The molecule has 2 nitrogen and oxygen atoms in total. The Morgan fingerprint density at radius 2 is 0.407 bits per heavy atom. The average molecular weight is 830 g/mol. The molecule has 0 aromatic heterocycles. The van der Waals surface area contributed by atoms with E-state index in [4.69, 9.17) is 0 Å². The molecule has 0 rings (SSSR count). The topological polar surface area (TPSA) is 6.48 Å². The first kappa shape index (κ1) is 60.5. The molecule has 0 bridgehead atoms. The second-order valence-corrected chi connectivity index (χ2v) is 19.4. The Labute approximate surface area is 376 Å². The molecule has 2 atom stereocenters. The standard InChI is InChI=1S/C29H59N.C28H57N/c1-5-7-9-11-13-14-15-16-17-18-19-20-22-24-26-28-29(30(3)4)27-25-23-21-12-10-8-6-2;1-5-7-9-11-13-14-15-16-17-18-19-20-21-23-25-27-28(29(3)4)26-24-22-12-10-8-6-2/h16-17,29H,5-15,18-28H2,1-4H3;16-17,28H,5-15,18-27H2,1-4H3/b;17-16-. The van der Waals surface area contributed by atoms with E-state index in [2.05, 4.69) is 90.0 Å². The molecule has 0 fully saturated rings. The van der Waals surface area contributed by atoms with Gasteiger partial charge in [0, 0.05) is 12.1 Å². The van der Waals surface area contributed by atoms with Gasteiger partial charge in [-0.15, -0.1) is 0 Å². The van der Waals surface area contributed by atoms with Crippen LogP contribution >= 0.6 is 0 Å². The van der Waals surface area contributed by atoms with Crippen molar-refractivity contribution in [3.05, 3.63) is 24.3 Å². The summed E-state index contributed by atoms with van der Waals surface area (Å²) in [7, 11) is 9.12. The maximum absolute atomic E-state index is 2.48. The second kappa shape index (κ2) is 53.5. The highest BCUT2D eigenvalue weighted by Gasteiger charge is 2.11. The van der Waals surface area contributed by atoms with Crippen LogP contribution in [-0.2, 0) is 0 Å². The van der Waals surface area contributed by atoms with Gasteiger partial charge in [0.05, 0.1) is 0 Å². The molecule has 0 saturated heterocycles. The molecule has 0 aromatic carbocycles. The zero-order valence-corrected chi connectivity index (χ0v) is 42.8. The van der Waals surface area contributed by atoms with Crippen molar-refractivity contribution in [2.75, 3.05) is 28.2 Å². The number of allylic oxidation sites excluding steroid dienone is 4. The molecule has 0 saturated carbocycles. The van der Waals surface area contributed by atoms with Gasteiger partial charge < -0.3 is 9.80 Å². The molecule has 0 aliphatic rings. The lowest BCUT2D eigenvalue weighted by Gasteiger charge is -2.24. The van der Waals surface area contributed by atoms with Crippen LogP contribution in [0.5, 0.6) is 0 Å². The van der Waals surface area contributed by atoms with Gasteiger partial charge in [0.2, 0.25) is 0 Å². The Hall–Kier alpha value is -0.600. The van der Waals surface area contributed by atoms with Gasteiger partial charge in [0.15, 0.2) is 0 Å². The van der Waals surface area contributed by atoms with E-state index < -0.39 is 0 Å². The summed E-state index contributed by atoms with van der Waals surface area (Å²) in [5.41, 5.74) is 0. The number of nitrogens with zero attached hydrogens (tertiary/aromatic N) is 2. The number of unbranched alkanes of at least 4 members (excludes halogenated alkanes) is 33. The van der Waals surface area contributed by atoms with E-state index in [1.54, 1.807) is 0 Å². The third kappa shape index (κ3) is 51.7. The normalized spacial score (nSPS) is 13.0. The molecule has 2 unspecified atom stereocenters. The Morgan fingerprint density at radius 3 is 0.593 bits per heavy atom. The highest BCUT2D eigenvalue weighted by Crippen LogP contribution is 2.19. The maximum atomic E-state index is 2.48. The van der Waals surface area contributed by atoms with E-state index in [1.807, 2.05) is 0 Å². The highest BCUT2D eigenvalue weighted by molar-refractivity contribution is 4.82. The van der Waals surface area contributed by atoms with E-state index in [0.717, 1.165) is 12.1 Å². The Morgan fingerprint density at radius 1 is 0.237 bits per heavy atom. The van der Waals surface area contributed by atoms with E-state index in [-0.39, 0.29) is 0 Å². The molecule has 0 N–H and O–H groups in total. The number of hydrogen-bond donors (Lipinski definition) is 0. The minimum atomic E-state index is 0.811. The average Bonchev–Trinajstić information content (AvgIpc) is 3.23. The van der Waals surface area contributed by atoms with E-state index >= 15 is 0 Å². The smallest absolute Gasteiger partial charge is 0.00891 e. The SMILES string of the molecule is CCCCCCCC/C=C\CCCCCCCC(CCCCCCCC)N(C)C.CCCCCCCCC=CCCCCCCCC(CCCCCCCCC)N(C)C. The van der Waals surface area contributed by atoms with Crippen molar-refractivity contribution in [1.29, 1.82) is 0 Å². The fourth-order valence-electron chi connectivity index (χ4n) is 8.72. The van der Waals surface area contributed by atoms with Crippen molar-refractivity contribution in [3.8, 4) is 0 Å². The van der Waals surface area contributed by atoms with Gasteiger partial charge in [-0.25, -0.2) is 0 Å². The highest BCUT2D eigenvalue weighted by atomic mass is 15.1. The van der Waals surface area contributed by atoms with Crippen LogP contribution in [0.1, 0.15) is 304 Å². The Kier molecular flexibility index (Phi) is 54.9. The summed E-state index contributed by atoms with van der Waals surface area (Å²) >= 11 is 0.